The molecule has 0 saturated carbocycles. The van der Waals surface area contributed by atoms with Crippen LogP contribution in [0, 0.1) is 0 Å². The number of rotatable bonds is 4. The summed E-state index contributed by atoms with van der Waals surface area (Å²) in [6.45, 7) is -0.0557. The van der Waals surface area contributed by atoms with Gasteiger partial charge in [-0.05, 0) is 5.56 Å². The maximum atomic E-state index is 10.7. The molecule has 0 saturated heterocycles. The van der Waals surface area contributed by atoms with Crippen molar-refractivity contribution in [2.75, 3.05) is 13.7 Å². The third kappa shape index (κ3) is 3.71. The number of likely N-dealkylation sites (N-methyl/N-ethyl adjacent to an activating group) is 1. The molecular formula is C10H12N2O2. The summed E-state index contributed by atoms with van der Waals surface area (Å²) in [5.41, 5.74) is 0.935. The molecule has 1 rings (SSSR count). The molecule has 74 valence electrons. The average Bonchev–Trinajstić information content (AvgIpc) is 2.25. The lowest BCUT2D eigenvalue weighted by molar-refractivity contribution is -0.125. The number of carbonyl (C=O) groups excluding carboxylic acids is 1. The van der Waals surface area contributed by atoms with E-state index in [1.54, 1.807) is 13.3 Å². The zero-order chi connectivity index (χ0) is 10.2. The molecule has 0 spiro atoms. The van der Waals surface area contributed by atoms with Gasteiger partial charge in [-0.3, -0.25) is 4.79 Å². The van der Waals surface area contributed by atoms with Crippen molar-refractivity contribution >= 4 is 12.1 Å². The van der Waals surface area contributed by atoms with E-state index in [-0.39, 0.29) is 12.5 Å². The molecule has 0 heterocycles. The van der Waals surface area contributed by atoms with Crippen LogP contribution in [0.1, 0.15) is 5.56 Å². The van der Waals surface area contributed by atoms with Gasteiger partial charge in [0.25, 0.3) is 5.91 Å². The molecule has 1 aromatic carbocycles. The summed E-state index contributed by atoms with van der Waals surface area (Å²) < 4.78 is 0. The molecule has 1 amide bonds. The first-order valence-corrected chi connectivity index (χ1v) is 4.24. The Morgan fingerprint density at radius 3 is 2.86 bits per heavy atom. The van der Waals surface area contributed by atoms with E-state index in [9.17, 15) is 4.79 Å². The van der Waals surface area contributed by atoms with Crippen LogP contribution in [-0.2, 0) is 9.63 Å². The number of carbonyl (C=O) groups is 1. The standard InChI is InChI=1S/C10H12N2O2/c1-11-10(13)8-14-12-7-9-5-3-2-4-6-9/h2-7H,8H2,1H3,(H,11,13)/b12-7+. The number of nitrogens with zero attached hydrogens (tertiary/aromatic N) is 1. The fraction of sp³-hybridized carbons (Fsp3) is 0.200. The number of hydrogen-bond acceptors (Lipinski definition) is 3. The van der Waals surface area contributed by atoms with Crippen molar-refractivity contribution in [1.82, 2.24) is 5.32 Å². The van der Waals surface area contributed by atoms with Gasteiger partial charge in [0.1, 0.15) is 0 Å². The average molecular weight is 192 g/mol. The first-order chi connectivity index (χ1) is 6.83. The number of oxime groups is 1. The minimum absolute atomic E-state index is 0.0557. The highest BCUT2D eigenvalue weighted by Gasteiger charge is 1.94. The Kier molecular flexibility index (Phi) is 4.20. The van der Waals surface area contributed by atoms with E-state index >= 15 is 0 Å². The van der Waals surface area contributed by atoms with E-state index < -0.39 is 0 Å². The van der Waals surface area contributed by atoms with E-state index in [4.69, 9.17) is 4.84 Å². The van der Waals surface area contributed by atoms with Gasteiger partial charge in [-0.1, -0.05) is 35.5 Å². The van der Waals surface area contributed by atoms with Gasteiger partial charge in [0.2, 0.25) is 0 Å². The van der Waals surface area contributed by atoms with Crippen LogP contribution in [-0.4, -0.2) is 25.8 Å². The van der Waals surface area contributed by atoms with Crippen molar-refractivity contribution in [3.05, 3.63) is 35.9 Å². The third-order valence-electron chi connectivity index (χ3n) is 1.55. The number of nitrogens with one attached hydrogen (secondary N) is 1. The predicted molar refractivity (Wildman–Crippen MR) is 54.1 cm³/mol. The molecule has 0 bridgehead atoms. The van der Waals surface area contributed by atoms with Crippen LogP contribution in [0.5, 0.6) is 0 Å². The highest BCUT2D eigenvalue weighted by molar-refractivity contribution is 5.79. The summed E-state index contributed by atoms with van der Waals surface area (Å²) in [7, 11) is 1.55. The molecule has 0 fully saturated rings. The molecule has 0 aliphatic rings. The molecule has 1 aromatic rings. The second-order valence-corrected chi connectivity index (χ2v) is 2.59. The zero-order valence-corrected chi connectivity index (χ0v) is 7.93. The van der Waals surface area contributed by atoms with Crippen molar-refractivity contribution < 1.29 is 9.63 Å². The van der Waals surface area contributed by atoms with Crippen LogP contribution in [0.2, 0.25) is 0 Å². The fourth-order valence-electron chi connectivity index (χ4n) is 0.805. The Labute approximate surface area is 82.6 Å². The topological polar surface area (TPSA) is 50.7 Å². The van der Waals surface area contributed by atoms with E-state index in [1.807, 2.05) is 30.3 Å². The lowest BCUT2D eigenvalue weighted by Gasteiger charge is -1.96. The second-order valence-electron chi connectivity index (χ2n) is 2.59. The van der Waals surface area contributed by atoms with Gasteiger partial charge < -0.3 is 10.2 Å². The molecule has 0 aromatic heterocycles. The maximum Gasteiger partial charge on any atom is 0.260 e. The Bertz CT molecular complexity index is 309. The maximum absolute atomic E-state index is 10.7. The monoisotopic (exact) mass is 192 g/mol. The quantitative estimate of drug-likeness (QED) is 0.566. The van der Waals surface area contributed by atoms with Gasteiger partial charge in [-0.2, -0.15) is 0 Å². The molecule has 1 N–H and O–H groups in total. The van der Waals surface area contributed by atoms with Crippen LogP contribution in [0.4, 0.5) is 0 Å². The van der Waals surface area contributed by atoms with E-state index in [0.717, 1.165) is 5.56 Å². The first-order valence-electron chi connectivity index (χ1n) is 4.24. The van der Waals surface area contributed by atoms with E-state index in [2.05, 4.69) is 10.5 Å². The molecule has 0 atom stereocenters. The fourth-order valence-corrected chi connectivity index (χ4v) is 0.805. The second kappa shape index (κ2) is 5.75. The SMILES string of the molecule is CNC(=O)CO/N=C/c1ccccc1. The van der Waals surface area contributed by atoms with Gasteiger partial charge in [0.15, 0.2) is 6.61 Å². The largest absolute Gasteiger partial charge is 0.386 e. The summed E-state index contributed by atoms with van der Waals surface area (Å²) in [6.07, 6.45) is 1.56. The van der Waals surface area contributed by atoms with E-state index in [0.29, 0.717) is 0 Å². The first kappa shape index (κ1) is 10.2. The van der Waals surface area contributed by atoms with Crippen molar-refractivity contribution in [2.24, 2.45) is 5.16 Å². The summed E-state index contributed by atoms with van der Waals surface area (Å²) in [6, 6.07) is 9.52. The normalized spacial score (nSPS) is 10.1. The molecule has 0 aliphatic heterocycles. The smallest absolute Gasteiger partial charge is 0.260 e. The van der Waals surface area contributed by atoms with Gasteiger partial charge >= 0.3 is 0 Å². The van der Waals surface area contributed by atoms with Crippen LogP contribution in [0.15, 0.2) is 35.5 Å². The Hall–Kier alpha value is -1.84. The number of amides is 1. The van der Waals surface area contributed by atoms with Crippen LogP contribution >= 0.6 is 0 Å². The lowest BCUT2D eigenvalue weighted by atomic mass is 10.2. The highest BCUT2D eigenvalue weighted by Crippen LogP contribution is 1.93. The van der Waals surface area contributed by atoms with Crippen molar-refractivity contribution in [1.29, 1.82) is 0 Å². The molecule has 14 heavy (non-hydrogen) atoms. The highest BCUT2D eigenvalue weighted by atomic mass is 16.6. The molecule has 0 radical (unpaired) electrons. The van der Waals surface area contributed by atoms with Crippen LogP contribution < -0.4 is 5.32 Å². The molecule has 0 aliphatic carbocycles. The molecular weight excluding hydrogens is 180 g/mol. The summed E-state index contributed by atoms with van der Waals surface area (Å²) >= 11 is 0. The predicted octanol–water partition coefficient (Wildman–Crippen LogP) is 0.783. The minimum atomic E-state index is -0.199. The molecule has 4 heteroatoms. The number of hydrogen-bond donors (Lipinski definition) is 1. The summed E-state index contributed by atoms with van der Waals surface area (Å²) in [5.74, 6) is -0.199. The van der Waals surface area contributed by atoms with Gasteiger partial charge in [0.05, 0.1) is 6.21 Å². The zero-order valence-electron chi connectivity index (χ0n) is 7.93. The molecule has 4 nitrogen and oxygen atoms in total. The van der Waals surface area contributed by atoms with Crippen molar-refractivity contribution in [3.63, 3.8) is 0 Å². The van der Waals surface area contributed by atoms with Crippen LogP contribution in [0.25, 0.3) is 0 Å². The van der Waals surface area contributed by atoms with Crippen molar-refractivity contribution in [3.8, 4) is 0 Å². The minimum Gasteiger partial charge on any atom is -0.386 e. The summed E-state index contributed by atoms with van der Waals surface area (Å²) in [5, 5.41) is 6.07. The van der Waals surface area contributed by atoms with Gasteiger partial charge in [-0.15, -0.1) is 0 Å². The lowest BCUT2D eigenvalue weighted by Crippen LogP contribution is -2.22. The third-order valence-corrected chi connectivity index (χ3v) is 1.55. The Morgan fingerprint density at radius 2 is 2.21 bits per heavy atom. The number of benzene rings is 1. The van der Waals surface area contributed by atoms with Gasteiger partial charge in [-0.25, -0.2) is 0 Å². The Balaban J connectivity index is 2.31. The van der Waals surface area contributed by atoms with Crippen LogP contribution in [0.3, 0.4) is 0 Å². The van der Waals surface area contributed by atoms with E-state index in [1.165, 1.54) is 0 Å². The Morgan fingerprint density at radius 1 is 1.50 bits per heavy atom. The summed E-state index contributed by atoms with van der Waals surface area (Å²) in [4.78, 5) is 15.5. The molecule has 0 unspecified atom stereocenters. The van der Waals surface area contributed by atoms with Crippen molar-refractivity contribution in [2.45, 2.75) is 0 Å². The van der Waals surface area contributed by atoms with Gasteiger partial charge in [0, 0.05) is 7.05 Å².